The van der Waals surface area contributed by atoms with Gasteiger partial charge in [-0.3, -0.25) is 4.79 Å². The van der Waals surface area contributed by atoms with E-state index in [-0.39, 0.29) is 5.91 Å². The zero-order chi connectivity index (χ0) is 16.2. The SMILES string of the molecule is COc1cc(OC)cc(C(=O)N2CCC(c3ccsc3)CC2)c1. The average Bonchev–Trinajstić information content (AvgIpc) is 3.15. The van der Waals surface area contributed by atoms with Gasteiger partial charge in [0.1, 0.15) is 11.5 Å². The number of methoxy groups -OCH3 is 2. The summed E-state index contributed by atoms with van der Waals surface area (Å²) < 4.78 is 10.5. The van der Waals surface area contributed by atoms with Crippen molar-refractivity contribution in [2.24, 2.45) is 0 Å². The summed E-state index contributed by atoms with van der Waals surface area (Å²) in [5.41, 5.74) is 2.03. The minimum atomic E-state index is 0.0472. The highest BCUT2D eigenvalue weighted by Gasteiger charge is 2.25. The summed E-state index contributed by atoms with van der Waals surface area (Å²) in [7, 11) is 3.19. The van der Waals surface area contributed by atoms with Crippen LogP contribution in [0.1, 0.15) is 34.7 Å². The Kier molecular flexibility index (Phi) is 4.86. The van der Waals surface area contributed by atoms with Crippen molar-refractivity contribution in [2.45, 2.75) is 18.8 Å². The van der Waals surface area contributed by atoms with E-state index < -0.39 is 0 Å². The fourth-order valence-electron chi connectivity index (χ4n) is 3.04. The summed E-state index contributed by atoms with van der Waals surface area (Å²) in [4.78, 5) is 14.7. The molecule has 5 heteroatoms. The lowest BCUT2D eigenvalue weighted by molar-refractivity contribution is 0.0712. The Hall–Kier alpha value is -2.01. The van der Waals surface area contributed by atoms with Crippen molar-refractivity contribution in [1.29, 1.82) is 0 Å². The maximum absolute atomic E-state index is 12.7. The van der Waals surface area contributed by atoms with E-state index in [1.54, 1.807) is 43.8 Å². The number of carbonyl (C=O) groups is 1. The van der Waals surface area contributed by atoms with Gasteiger partial charge in [-0.1, -0.05) is 0 Å². The number of nitrogens with zero attached hydrogens (tertiary/aromatic N) is 1. The Morgan fingerprint density at radius 3 is 2.30 bits per heavy atom. The van der Waals surface area contributed by atoms with Crippen molar-refractivity contribution < 1.29 is 14.3 Å². The van der Waals surface area contributed by atoms with Gasteiger partial charge >= 0.3 is 0 Å². The Labute approximate surface area is 140 Å². The minimum Gasteiger partial charge on any atom is -0.497 e. The first kappa shape index (κ1) is 15.9. The number of ether oxygens (including phenoxy) is 2. The predicted octanol–water partition coefficient (Wildman–Crippen LogP) is 3.79. The van der Waals surface area contributed by atoms with Gasteiger partial charge in [-0.2, -0.15) is 11.3 Å². The first-order chi connectivity index (χ1) is 11.2. The third kappa shape index (κ3) is 3.50. The van der Waals surface area contributed by atoms with Crippen molar-refractivity contribution in [1.82, 2.24) is 4.90 Å². The molecule has 23 heavy (non-hydrogen) atoms. The molecule has 0 bridgehead atoms. The van der Waals surface area contributed by atoms with Gasteiger partial charge in [0.05, 0.1) is 14.2 Å². The molecule has 2 heterocycles. The van der Waals surface area contributed by atoms with Crippen LogP contribution in [-0.4, -0.2) is 38.1 Å². The third-order valence-electron chi connectivity index (χ3n) is 4.40. The van der Waals surface area contributed by atoms with Crippen LogP contribution in [0, 0.1) is 0 Å². The Balaban J connectivity index is 1.70. The molecule has 1 amide bonds. The number of amides is 1. The molecule has 1 saturated heterocycles. The molecule has 1 aromatic heterocycles. The molecule has 1 aliphatic rings. The first-order valence-electron chi connectivity index (χ1n) is 7.75. The summed E-state index contributed by atoms with van der Waals surface area (Å²) in [5.74, 6) is 1.90. The molecule has 3 rings (SSSR count). The highest BCUT2D eigenvalue weighted by Crippen LogP contribution is 2.31. The summed E-state index contributed by atoms with van der Waals surface area (Å²) >= 11 is 1.74. The quantitative estimate of drug-likeness (QED) is 0.856. The van der Waals surface area contributed by atoms with Crippen LogP contribution in [0.3, 0.4) is 0 Å². The maximum Gasteiger partial charge on any atom is 0.254 e. The van der Waals surface area contributed by atoms with E-state index in [1.165, 1.54) is 5.56 Å². The number of thiophene rings is 1. The molecule has 0 saturated carbocycles. The van der Waals surface area contributed by atoms with E-state index in [9.17, 15) is 4.79 Å². The molecule has 122 valence electrons. The van der Waals surface area contributed by atoms with E-state index in [0.29, 0.717) is 23.0 Å². The number of hydrogen-bond acceptors (Lipinski definition) is 4. The van der Waals surface area contributed by atoms with Crippen molar-refractivity contribution in [3.05, 3.63) is 46.2 Å². The molecule has 0 radical (unpaired) electrons. The molecule has 0 aliphatic carbocycles. The van der Waals surface area contributed by atoms with Crippen LogP contribution in [0.15, 0.2) is 35.0 Å². The van der Waals surface area contributed by atoms with Gasteiger partial charge in [0.15, 0.2) is 0 Å². The lowest BCUT2D eigenvalue weighted by Crippen LogP contribution is -2.37. The average molecular weight is 331 g/mol. The fraction of sp³-hybridized carbons (Fsp3) is 0.389. The zero-order valence-corrected chi connectivity index (χ0v) is 14.3. The molecule has 1 aromatic carbocycles. The van der Waals surface area contributed by atoms with Crippen molar-refractivity contribution in [2.75, 3.05) is 27.3 Å². The molecule has 0 unspecified atom stereocenters. The van der Waals surface area contributed by atoms with E-state index in [4.69, 9.17) is 9.47 Å². The van der Waals surface area contributed by atoms with Crippen LogP contribution >= 0.6 is 11.3 Å². The Morgan fingerprint density at radius 2 is 1.78 bits per heavy atom. The number of hydrogen-bond donors (Lipinski definition) is 0. The van der Waals surface area contributed by atoms with E-state index in [2.05, 4.69) is 16.8 Å². The summed E-state index contributed by atoms with van der Waals surface area (Å²) in [6, 6.07) is 7.52. The van der Waals surface area contributed by atoms with E-state index in [1.807, 2.05) is 4.90 Å². The number of rotatable bonds is 4. The lowest BCUT2D eigenvalue weighted by atomic mass is 9.91. The number of benzene rings is 1. The van der Waals surface area contributed by atoms with Gasteiger partial charge in [0, 0.05) is 24.7 Å². The molecule has 2 aromatic rings. The second-order valence-corrected chi connectivity index (χ2v) is 6.50. The van der Waals surface area contributed by atoms with Gasteiger partial charge in [-0.25, -0.2) is 0 Å². The molecular formula is C18H21NO3S. The van der Waals surface area contributed by atoms with Gasteiger partial charge in [0.2, 0.25) is 0 Å². The topological polar surface area (TPSA) is 38.8 Å². The molecule has 1 aliphatic heterocycles. The van der Waals surface area contributed by atoms with Crippen molar-refractivity contribution >= 4 is 17.2 Å². The summed E-state index contributed by atoms with van der Waals surface area (Å²) in [6.45, 7) is 1.58. The number of likely N-dealkylation sites (tertiary alicyclic amines) is 1. The standard InChI is InChI=1S/C18H21NO3S/c1-21-16-9-15(10-17(11-16)22-2)18(20)19-6-3-13(4-7-19)14-5-8-23-12-14/h5,8-13H,3-4,6-7H2,1-2H3. The molecule has 4 nitrogen and oxygen atoms in total. The monoisotopic (exact) mass is 331 g/mol. The Bertz CT molecular complexity index is 639. The fourth-order valence-corrected chi connectivity index (χ4v) is 3.78. The van der Waals surface area contributed by atoms with E-state index in [0.717, 1.165) is 25.9 Å². The van der Waals surface area contributed by atoms with Crippen LogP contribution in [0.5, 0.6) is 11.5 Å². The molecular weight excluding hydrogens is 310 g/mol. The third-order valence-corrected chi connectivity index (χ3v) is 5.10. The van der Waals surface area contributed by atoms with Gasteiger partial charge < -0.3 is 14.4 Å². The molecule has 1 fully saturated rings. The van der Waals surface area contributed by atoms with Crippen LogP contribution in [0.4, 0.5) is 0 Å². The van der Waals surface area contributed by atoms with E-state index >= 15 is 0 Å². The van der Waals surface area contributed by atoms with Crippen molar-refractivity contribution in [3.63, 3.8) is 0 Å². The van der Waals surface area contributed by atoms with Gasteiger partial charge in [0.25, 0.3) is 5.91 Å². The number of piperidine rings is 1. The highest BCUT2D eigenvalue weighted by molar-refractivity contribution is 7.07. The highest BCUT2D eigenvalue weighted by atomic mass is 32.1. The second kappa shape index (κ2) is 7.04. The smallest absolute Gasteiger partial charge is 0.254 e. The maximum atomic E-state index is 12.7. The molecule has 0 N–H and O–H groups in total. The van der Waals surface area contributed by atoms with Gasteiger partial charge in [-0.15, -0.1) is 0 Å². The van der Waals surface area contributed by atoms with Crippen LogP contribution in [-0.2, 0) is 0 Å². The molecule has 0 spiro atoms. The molecule has 0 atom stereocenters. The second-order valence-electron chi connectivity index (χ2n) is 5.72. The predicted molar refractivity (Wildman–Crippen MR) is 91.7 cm³/mol. The minimum absolute atomic E-state index is 0.0472. The van der Waals surface area contributed by atoms with Crippen molar-refractivity contribution in [3.8, 4) is 11.5 Å². The van der Waals surface area contributed by atoms with Crippen LogP contribution < -0.4 is 9.47 Å². The summed E-state index contributed by atoms with van der Waals surface area (Å²) in [6.07, 6.45) is 2.03. The lowest BCUT2D eigenvalue weighted by Gasteiger charge is -2.32. The number of carbonyl (C=O) groups excluding carboxylic acids is 1. The zero-order valence-electron chi connectivity index (χ0n) is 13.5. The van der Waals surface area contributed by atoms with Crippen LogP contribution in [0.25, 0.3) is 0 Å². The van der Waals surface area contributed by atoms with Gasteiger partial charge in [-0.05, 0) is 53.3 Å². The first-order valence-corrected chi connectivity index (χ1v) is 8.70. The van der Waals surface area contributed by atoms with Crippen LogP contribution in [0.2, 0.25) is 0 Å². The largest absolute Gasteiger partial charge is 0.497 e. The summed E-state index contributed by atoms with van der Waals surface area (Å²) in [5, 5.41) is 4.34. The normalized spacial score (nSPS) is 15.5. The Morgan fingerprint density at radius 1 is 1.13 bits per heavy atom.